The van der Waals surface area contributed by atoms with Crippen molar-refractivity contribution in [3.8, 4) is 5.75 Å². The highest BCUT2D eigenvalue weighted by Crippen LogP contribution is 2.28. The van der Waals surface area contributed by atoms with Crippen molar-refractivity contribution >= 4 is 38.9 Å². The van der Waals surface area contributed by atoms with Crippen molar-refractivity contribution in [1.82, 2.24) is 5.32 Å². The molecule has 1 unspecified atom stereocenters. The summed E-state index contributed by atoms with van der Waals surface area (Å²) < 4.78 is 6.99. The van der Waals surface area contributed by atoms with Gasteiger partial charge in [-0.3, -0.25) is 0 Å². The van der Waals surface area contributed by atoms with E-state index in [4.69, 9.17) is 16.3 Å². The SMILES string of the molecule is CCCNC(COc1cccc(Cl)c1)c1cscc1Br. The molecule has 0 bridgehead atoms. The van der Waals surface area contributed by atoms with Crippen molar-refractivity contribution in [3.63, 3.8) is 0 Å². The molecule has 1 aromatic carbocycles. The lowest BCUT2D eigenvalue weighted by molar-refractivity contribution is 0.266. The van der Waals surface area contributed by atoms with Crippen LogP contribution in [0.4, 0.5) is 0 Å². The number of hydrogen-bond acceptors (Lipinski definition) is 3. The van der Waals surface area contributed by atoms with E-state index in [1.54, 1.807) is 11.3 Å². The minimum Gasteiger partial charge on any atom is -0.492 e. The Hall–Kier alpha value is -0.550. The first-order valence-electron chi connectivity index (χ1n) is 6.54. The highest BCUT2D eigenvalue weighted by Gasteiger charge is 2.15. The maximum Gasteiger partial charge on any atom is 0.120 e. The molecule has 108 valence electrons. The minimum atomic E-state index is 0.176. The summed E-state index contributed by atoms with van der Waals surface area (Å²) in [5.74, 6) is 0.798. The van der Waals surface area contributed by atoms with Crippen LogP contribution in [0.2, 0.25) is 5.02 Å². The van der Waals surface area contributed by atoms with Gasteiger partial charge in [0.05, 0.1) is 6.04 Å². The number of rotatable bonds is 7. The lowest BCUT2D eigenvalue weighted by Gasteiger charge is -2.19. The molecule has 2 nitrogen and oxygen atoms in total. The number of thiophene rings is 1. The van der Waals surface area contributed by atoms with Crippen LogP contribution in [0, 0.1) is 0 Å². The number of hydrogen-bond donors (Lipinski definition) is 1. The Labute approximate surface area is 137 Å². The van der Waals surface area contributed by atoms with Gasteiger partial charge in [-0.2, -0.15) is 11.3 Å². The summed E-state index contributed by atoms with van der Waals surface area (Å²) in [5.41, 5.74) is 1.24. The second-order valence-electron chi connectivity index (χ2n) is 4.45. The predicted octanol–water partition coefficient (Wildman–Crippen LogP) is 5.28. The molecule has 20 heavy (non-hydrogen) atoms. The summed E-state index contributed by atoms with van der Waals surface area (Å²) in [5, 5.41) is 8.45. The number of ether oxygens (including phenoxy) is 1. The monoisotopic (exact) mass is 373 g/mol. The van der Waals surface area contributed by atoms with Gasteiger partial charge in [0.25, 0.3) is 0 Å². The van der Waals surface area contributed by atoms with Crippen LogP contribution in [-0.4, -0.2) is 13.2 Å². The molecule has 0 aliphatic rings. The second kappa shape index (κ2) is 8.03. The molecule has 0 saturated heterocycles. The van der Waals surface area contributed by atoms with Crippen LogP contribution < -0.4 is 10.1 Å². The molecule has 0 saturated carbocycles. The van der Waals surface area contributed by atoms with E-state index in [1.807, 2.05) is 24.3 Å². The van der Waals surface area contributed by atoms with Gasteiger partial charge in [-0.25, -0.2) is 0 Å². The van der Waals surface area contributed by atoms with Gasteiger partial charge in [0.2, 0.25) is 0 Å². The summed E-state index contributed by atoms with van der Waals surface area (Å²) >= 11 is 11.2. The molecule has 0 aliphatic heterocycles. The van der Waals surface area contributed by atoms with Gasteiger partial charge < -0.3 is 10.1 Å². The molecule has 0 radical (unpaired) electrons. The molecule has 2 rings (SSSR count). The Morgan fingerprint density at radius 2 is 2.25 bits per heavy atom. The Balaban J connectivity index is 2.03. The average Bonchev–Trinajstić information content (AvgIpc) is 2.85. The van der Waals surface area contributed by atoms with Gasteiger partial charge in [0.15, 0.2) is 0 Å². The first-order chi connectivity index (χ1) is 9.70. The molecule has 1 N–H and O–H groups in total. The third-order valence-electron chi connectivity index (χ3n) is 2.87. The largest absolute Gasteiger partial charge is 0.492 e. The van der Waals surface area contributed by atoms with E-state index in [-0.39, 0.29) is 6.04 Å². The molecule has 0 spiro atoms. The van der Waals surface area contributed by atoms with E-state index < -0.39 is 0 Å². The standard InChI is InChI=1S/C15H17BrClNOS/c1-2-6-18-15(13-9-20-10-14(13)16)8-19-12-5-3-4-11(17)7-12/h3-5,7,9-10,15,18H,2,6,8H2,1H3. The summed E-state index contributed by atoms with van der Waals surface area (Å²) in [7, 11) is 0. The maximum atomic E-state index is 5.97. The fourth-order valence-corrected chi connectivity index (χ4v) is 3.66. The summed E-state index contributed by atoms with van der Waals surface area (Å²) in [6.07, 6.45) is 1.09. The average molecular weight is 375 g/mol. The fourth-order valence-electron chi connectivity index (χ4n) is 1.85. The van der Waals surface area contributed by atoms with E-state index in [0.717, 1.165) is 23.2 Å². The number of halogens is 2. The lowest BCUT2D eigenvalue weighted by atomic mass is 10.1. The van der Waals surface area contributed by atoms with Gasteiger partial charge in [-0.15, -0.1) is 0 Å². The fraction of sp³-hybridized carbons (Fsp3) is 0.333. The van der Waals surface area contributed by atoms with Crippen LogP contribution in [0.3, 0.4) is 0 Å². The number of nitrogens with one attached hydrogen (secondary N) is 1. The quantitative estimate of drug-likeness (QED) is 0.711. The summed E-state index contributed by atoms with van der Waals surface area (Å²) in [6.45, 7) is 3.70. The van der Waals surface area contributed by atoms with Gasteiger partial charge in [-0.05, 0) is 58.0 Å². The minimum absolute atomic E-state index is 0.176. The van der Waals surface area contributed by atoms with E-state index >= 15 is 0 Å². The van der Waals surface area contributed by atoms with Gasteiger partial charge >= 0.3 is 0 Å². The van der Waals surface area contributed by atoms with Gasteiger partial charge in [0.1, 0.15) is 12.4 Å². The van der Waals surface area contributed by atoms with Crippen molar-refractivity contribution in [3.05, 3.63) is 50.1 Å². The molecule has 1 heterocycles. The topological polar surface area (TPSA) is 21.3 Å². The highest BCUT2D eigenvalue weighted by atomic mass is 79.9. The molecule has 0 amide bonds. The van der Waals surface area contributed by atoms with E-state index in [1.165, 1.54) is 5.56 Å². The smallest absolute Gasteiger partial charge is 0.120 e. The van der Waals surface area contributed by atoms with Gasteiger partial charge in [0, 0.05) is 14.9 Å². The summed E-state index contributed by atoms with van der Waals surface area (Å²) in [6, 6.07) is 7.67. The van der Waals surface area contributed by atoms with Crippen molar-refractivity contribution in [2.45, 2.75) is 19.4 Å². The van der Waals surface area contributed by atoms with Gasteiger partial charge in [-0.1, -0.05) is 24.6 Å². The highest BCUT2D eigenvalue weighted by molar-refractivity contribution is 9.10. The molecule has 0 fully saturated rings. The third-order valence-corrected chi connectivity index (χ3v) is 4.86. The first kappa shape index (κ1) is 15.8. The van der Waals surface area contributed by atoms with Crippen LogP contribution in [-0.2, 0) is 0 Å². The molecule has 5 heteroatoms. The predicted molar refractivity (Wildman–Crippen MR) is 90.0 cm³/mol. The van der Waals surface area contributed by atoms with Crippen LogP contribution in [0.25, 0.3) is 0 Å². The molecule has 1 atom stereocenters. The van der Waals surface area contributed by atoms with Crippen molar-refractivity contribution < 1.29 is 4.74 Å². The zero-order chi connectivity index (χ0) is 14.4. The van der Waals surface area contributed by atoms with Crippen molar-refractivity contribution in [2.24, 2.45) is 0 Å². The third kappa shape index (κ3) is 4.48. The van der Waals surface area contributed by atoms with Crippen LogP contribution in [0.5, 0.6) is 5.75 Å². The van der Waals surface area contributed by atoms with E-state index in [2.05, 4.69) is 38.9 Å². The maximum absolute atomic E-state index is 5.97. The molecule has 1 aromatic heterocycles. The Morgan fingerprint density at radius 1 is 1.40 bits per heavy atom. The van der Waals surface area contributed by atoms with E-state index in [9.17, 15) is 0 Å². The van der Waals surface area contributed by atoms with Crippen LogP contribution in [0.15, 0.2) is 39.5 Å². The normalized spacial score (nSPS) is 12.3. The van der Waals surface area contributed by atoms with E-state index in [0.29, 0.717) is 11.6 Å². The van der Waals surface area contributed by atoms with Crippen molar-refractivity contribution in [1.29, 1.82) is 0 Å². The lowest BCUT2D eigenvalue weighted by Crippen LogP contribution is -2.27. The van der Waals surface area contributed by atoms with Crippen molar-refractivity contribution in [2.75, 3.05) is 13.2 Å². The molecule has 0 aliphatic carbocycles. The zero-order valence-corrected chi connectivity index (χ0v) is 14.4. The summed E-state index contributed by atoms with van der Waals surface area (Å²) in [4.78, 5) is 0. The Morgan fingerprint density at radius 3 is 2.90 bits per heavy atom. The molecular formula is C15H17BrClNOS. The Kier molecular flexibility index (Phi) is 6.36. The van der Waals surface area contributed by atoms with Crippen LogP contribution >= 0.6 is 38.9 Å². The zero-order valence-electron chi connectivity index (χ0n) is 11.2. The molecular weight excluding hydrogens is 358 g/mol. The molecule has 2 aromatic rings. The Bertz CT molecular complexity index is 546. The van der Waals surface area contributed by atoms with Crippen LogP contribution in [0.1, 0.15) is 24.9 Å². The first-order valence-corrected chi connectivity index (χ1v) is 8.65. The second-order valence-corrected chi connectivity index (χ2v) is 6.48. The number of benzene rings is 1.